The van der Waals surface area contributed by atoms with Crippen molar-refractivity contribution in [2.75, 3.05) is 7.11 Å². The van der Waals surface area contributed by atoms with Gasteiger partial charge in [0.2, 0.25) is 0 Å². The van der Waals surface area contributed by atoms with Crippen molar-refractivity contribution in [2.45, 2.75) is 26.2 Å². The summed E-state index contributed by atoms with van der Waals surface area (Å²) in [6, 6.07) is 0. The average Bonchev–Trinajstić information content (AvgIpc) is 2.29. The van der Waals surface area contributed by atoms with Crippen LogP contribution in [0.25, 0.3) is 0 Å². The second-order valence-corrected chi connectivity index (χ2v) is 6.27. The first-order chi connectivity index (χ1) is 5.45. The van der Waals surface area contributed by atoms with Crippen molar-refractivity contribution in [3.05, 3.63) is 8.71 Å². The lowest BCUT2D eigenvalue weighted by molar-refractivity contribution is 0.406. The van der Waals surface area contributed by atoms with Crippen LogP contribution in [0, 0.1) is 3.01 Å². The van der Waals surface area contributed by atoms with E-state index in [1.165, 1.54) is 0 Å². The highest BCUT2D eigenvalue weighted by molar-refractivity contribution is 14.1. The monoisotopic (exact) mass is 297 g/mol. The normalized spacial score (nSPS) is 11.8. The molecule has 1 aromatic rings. The van der Waals surface area contributed by atoms with Crippen molar-refractivity contribution < 1.29 is 4.74 Å². The summed E-state index contributed by atoms with van der Waals surface area (Å²) in [5.74, 6) is 0. The van der Waals surface area contributed by atoms with Gasteiger partial charge in [-0.05, 0) is 22.6 Å². The molecule has 68 valence electrons. The third-order valence-electron chi connectivity index (χ3n) is 1.47. The Morgan fingerprint density at radius 1 is 1.42 bits per heavy atom. The Hall–Kier alpha value is 0.160. The maximum Gasteiger partial charge on any atom is 0.198 e. The van der Waals surface area contributed by atoms with Gasteiger partial charge in [0.15, 0.2) is 8.08 Å². The highest BCUT2D eigenvalue weighted by Crippen LogP contribution is 2.35. The van der Waals surface area contributed by atoms with Crippen molar-refractivity contribution in [2.24, 2.45) is 0 Å². The number of methoxy groups -OCH3 is 1. The number of thiazole rings is 1. The Balaban J connectivity index is 3.13. The van der Waals surface area contributed by atoms with Crippen LogP contribution in [0.4, 0.5) is 0 Å². The van der Waals surface area contributed by atoms with Gasteiger partial charge in [-0.3, -0.25) is 0 Å². The quantitative estimate of drug-likeness (QED) is 0.743. The molecule has 1 heterocycles. The van der Waals surface area contributed by atoms with Crippen LogP contribution in [0.15, 0.2) is 0 Å². The van der Waals surface area contributed by atoms with Crippen LogP contribution in [0.5, 0.6) is 5.06 Å². The van der Waals surface area contributed by atoms with Crippen LogP contribution in [0.3, 0.4) is 0 Å². The molecule has 0 amide bonds. The fourth-order valence-electron chi connectivity index (χ4n) is 0.893. The molecule has 0 bridgehead atoms. The topological polar surface area (TPSA) is 22.1 Å². The minimum Gasteiger partial charge on any atom is -0.486 e. The van der Waals surface area contributed by atoms with E-state index in [1.807, 2.05) is 0 Å². The number of nitrogens with zero attached hydrogens (tertiary/aromatic N) is 1. The molecule has 0 spiro atoms. The first-order valence-electron chi connectivity index (χ1n) is 3.66. The van der Waals surface area contributed by atoms with Gasteiger partial charge < -0.3 is 4.74 Å². The molecule has 0 unspecified atom stereocenters. The van der Waals surface area contributed by atoms with E-state index in [1.54, 1.807) is 18.4 Å². The summed E-state index contributed by atoms with van der Waals surface area (Å²) < 4.78 is 6.28. The molecule has 0 aliphatic heterocycles. The molecular weight excluding hydrogens is 285 g/mol. The zero-order valence-corrected chi connectivity index (χ0v) is 10.6. The van der Waals surface area contributed by atoms with Crippen LogP contribution in [0.2, 0.25) is 0 Å². The summed E-state index contributed by atoms with van der Waals surface area (Å²) in [6.07, 6.45) is 0. The fraction of sp³-hybridized carbons (Fsp3) is 0.625. The lowest BCUT2D eigenvalue weighted by atomic mass is 9.93. The molecule has 0 atom stereocenters. The third kappa shape index (κ3) is 2.10. The lowest BCUT2D eigenvalue weighted by Gasteiger charge is -2.16. The van der Waals surface area contributed by atoms with E-state index in [-0.39, 0.29) is 5.41 Å². The lowest BCUT2D eigenvalue weighted by Crippen LogP contribution is -2.12. The van der Waals surface area contributed by atoms with Crippen LogP contribution >= 0.6 is 33.9 Å². The summed E-state index contributed by atoms with van der Waals surface area (Å²) in [6.45, 7) is 6.42. The SMILES string of the molecule is COc1sc(I)nc1C(C)(C)C. The molecule has 0 N–H and O–H groups in total. The van der Waals surface area contributed by atoms with Gasteiger partial charge in [-0.25, -0.2) is 4.98 Å². The highest BCUT2D eigenvalue weighted by Gasteiger charge is 2.23. The molecule has 0 saturated carbocycles. The Morgan fingerprint density at radius 2 is 2.00 bits per heavy atom. The molecule has 0 aliphatic carbocycles. The molecule has 1 aromatic heterocycles. The highest BCUT2D eigenvalue weighted by atomic mass is 127. The standard InChI is InChI=1S/C8H12INOS/c1-8(2,3)5-6(11-4)12-7(9)10-5/h1-4H3. The summed E-state index contributed by atoms with van der Waals surface area (Å²) in [7, 11) is 1.69. The van der Waals surface area contributed by atoms with E-state index in [4.69, 9.17) is 4.74 Å². The van der Waals surface area contributed by atoms with Crippen molar-refractivity contribution >= 4 is 33.9 Å². The van der Waals surface area contributed by atoms with E-state index in [2.05, 4.69) is 48.3 Å². The summed E-state index contributed by atoms with van der Waals surface area (Å²) >= 11 is 3.81. The molecule has 0 saturated heterocycles. The summed E-state index contributed by atoms with van der Waals surface area (Å²) in [4.78, 5) is 4.43. The van der Waals surface area contributed by atoms with Gasteiger partial charge in [-0.1, -0.05) is 32.1 Å². The van der Waals surface area contributed by atoms with Gasteiger partial charge in [-0.15, -0.1) is 0 Å². The van der Waals surface area contributed by atoms with Crippen molar-refractivity contribution in [1.29, 1.82) is 0 Å². The zero-order chi connectivity index (χ0) is 9.35. The second-order valence-electron chi connectivity index (χ2n) is 3.56. The number of rotatable bonds is 1. The minimum absolute atomic E-state index is 0.0747. The maximum absolute atomic E-state index is 5.24. The molecule has 0 radical (unpaired) electrons. The number of ether oxygens (including phenoxy) is 1. The zero-order valence-electron chi connectivity index (χ0n) is 7.64. The molecule has 12 heavy (non-hydrogen) atoms. The van der Waals surface area contributed by atoms with Crippen LogP contribution < -0.4 is 4.74 Å². The van der Waals surface area contributed by atoms with Crippen molar-refractivity contribution in [1.82, 2.24) is 4.98 Å². The molecule has 0 aliphatic rings. The maximum atomic E-state index is 5.24. The Morgan fingerprint density at radius 3 is 2.33 bits per heavy atom. The number of hydrogen-bond acceptors (Lipinski definition) is 3. The largest absolute Gasteiger partial charge is 0.486 e. The second kappa shape index (κ2) is 3.49. The molecule has 4 heteroatoms. The Labute approximate surface area is 90.5 Å². The summed E-state index contributed by atoms with van der Waals surface area (Å²) in [5.41, 5.74) is 1.13. The van der Waals surface area contributed by atoms with Gasteiger partial charge in [0.05, 0.1) is 7.11 Å². The smallest absolute Gasteiger partial charge is 0.198 e. The molecular formula is C8H12INOS. The van der Waals surface area contributed by atoms with Crippen LogP contribution in [-0.4, -0.2) is 12.1 Å². The van der Waals surface area contributed by atoms with Crippen molar-refractivity contribution in [3.8, 4) is 5.06 Å². The Bertz CT molecular complexity index is 277. The fourth-order valence-corrected chi connectivity index (χ4v) is 2.56. The first-order valence-corrected chi connectivity index (χ1v) is 5.55. The van der Waals surface area contributed by atoms with Crippen LogP contribution in [0.1, 0.15) is 26.5 Å². The van der Waals surface area contributed by atoms with Crippen LogP contribution in [-0.2, 0) is 5.41 Å². The Kier molecular flexibility index (Phi) is 2.98. The predicted octanol–water partition coefficient (Wildman–Crippen LogP) is 3.05. The number of aromatic nitrogens is 1. The predicted molar refractivity (Wildman–Crippen MR) is 60.1 cm³/mol. The van der Waals surface area contributed by atoms with Crippen molar-refractivity contribution in [3.63, 3.8) is 0 Å². The molecule has 0 aromatic carbocycles. The van der Waals surface area contributed by atoms with E-state index in [0.717, 1.165) is 13.8 Å². The number of hydrogen-bond donors (Lipinski definition) is 0. The molecule has 0 fully saturated rings. The van der Waals surface area contributed by atoms with Gasteiger partial charge >= 0.3 is 0 Å². The van der Waals surface area contributed by atoms with Gasteiger partial charge in [-0.2, -0.15) is 0 Å². The van der Waals surface area contributed by atoms with E-state index in [9.17, 15) is 0 Å². The van der Waals surface area contributed by atoms with E-state index in [0.29, 0.717) is 0 Å². The van der Waals surface area contributed by atoms with Gasteiger partial charge in [0, 0.05) is 5.41 Å². The minimum atomic E-state index is 0.0747. The molecule has 2 nitrogen and oxygen atoms in total. The van der Waals surface area contributed by atoms with Gasteiger partial charge in [0.1, 0.15) is 5.69 Å². The first kappa shape index (κ1) is 10.2. The third-order valence-corrected chi connectivity index (χ3v) is 3.17. The summed E-state index contributed by atoms with van der Waals surface area (Å²) in [5, 5.41) is 0.937. The van der Waals surface area contributed by atoms with E-state index >= 15 is 0 Å². The average molecular weight is 297 g/mol. The molecule has 1 rings (SSSR count). The number of halogens is 1. The van der Waals surface area contributed by atoms with Gasteiger partial charge in [0.25, 0.3) is 0 Å². The van der Waals surface area contributed by atoms with E-state index < -0.39 is 0 Å².